The minimum Gasteiger partial charge on any atom is -0.0895 e. The van der Waals surface area contributed by atoms with Gasteiger partial charge < -0.3 is 0 Å². The summed E-state index contributed by atoms with van der Waals surface area (Å²) in [5.74, 6) is 0.527. The second-order valence-electron chi connectivity index (χ2n) is 3.90. The highest BCUT2D eigenvalue weighted by Crippen LogP contribution is 2.45. The van der Waals surface area contributed by atoms with Gasteiger partial charge in [0.25, 0.3) is 0 Å². The van der Waals surface area contributed by atoms with Crippen molar-refractivity contribution in [3.63, 3.8) is 0 Å². The maximum atomic E-state index is 2.29. The molecule has 1 heterocycles. The van der Waals surface area contributed by atoms with Gasteiger partial charge in [-0.2, -0.15) is 0 Å². The van der Waals surface area contributed by atoms with E-state index in [1.165, 1.54) is 20.9 Å². The molecule has 0 N–H and O–H groups in total. The third-order valence-electron chi connectivity index (χ3n) is 2.99. The van der Waals surface area contributed by atoms with E-state index < -0.39 is 0 Å². The first kappa shape index (κ1) is 9.05. The molecule has 1 aliphatic rings. The minimum atomic E-state index is 0.527. The Labute approximate surface area is 94.3 Å². The van der Waals surface area contributed by atoms with Crippen molar-refractivity contribution < 1.29 is 0 Å². The predicted octanol–water partition coefficient (Wildman–Crippen LogP) is 4.30. The zero-order valence-electron chi connectivity index (χ0n) is 8.60. The van der Waals surface area contributed by atoms with Crippen LogP contribution in [0.1, 0.15) is 24.0 Å². The maximum Gasteiger partial charge on any atom is 0.0160 e. The molecule has 0 atom stereocenters. The van der Waals surface area contributed by atoms with Crippen LogP contribution in [0.25, 0.3) is 0 Å². The molecule has 0 radical (unpaired) electrons. The lowest BCUT2D eigenvalue weighted by molar-refractivity contribution is 0.856. The summed E-state index contributed by atoms with van der Waals surface area (Å²) >= 11 is 1.89. The first-order chi connectivity index (χ1) is 7.36. The number of hydrogen-bond acceptors (Lipinski definition) is 1. The second-order valence-corrected chi connectivity index (χ2v) is 4.98. The van der Waals surface area contributed by atoms with E-state index in [9.17, 15) is 0 Å². The zero-order chi connectivity index (χ0) is 10.3. The van der Waals surface area contributed by atoms with Crippen LogP contribution >= 0.6 is 11.8 Å². The van der Waals surface area contributed by atoms with Crippen LogP contribution in [0.3, 0.4) is 0 Å². The summed E-state index contributed by atoms with van der Waals surface area (Å²) in [6.45, 7) is 2.29. The lowest BCUT2D eigenvalue weighted by Crippen LogP contribution is -2.04. The van der Waals surface area contributed by atoms with Gasteiger partial charge in [0, 0.05) is 15.7 Å². The fraction of sp³-hybridized carbons (Fsp3) is 0.143. The lowest BCUT2D eigenvalue weighted by Gasteiger charge is -2.24. The second kappa shape index (κ2) is 3.42. The first-order valence-electron chi connectivity index (χ1n) is 5.22. The number of benzene rings is 2. The summed E-state index contributed by atoms with van der Waals surface area (Å²) in [7, 11) is 0. The molecule has 0 amide bonds. The van der Waals surface area contributed by atoms with E-state index in [1.807, 2.05) is 11.8 Å². The molecular formula is C14H12S. The summed E-state index contributed by atoms with van der Waals surface area (Å²) in [5.41, 5.74) is 2.92. The molecule has 1 aliphatic heterocycles. The van der Waals surface area contributed by atoms with E-state index in [2.05, 4.69) is 55.5 Å². The minimum absolute atomic E-state index is 0.527. The Hall–Kier alpha value is -1.21. The molecule has 0 fully saturated rings. The normalized spacial score (nSPS) is 14.5. The lowest BCUT2D eigenvalue weighted by atomic mass is 9.93. The van der Waals surface area contributed by atoms with Gasteiger partial charge in [-0.15, -0.1) is 0 Å². The van der Waals surface area contributed by atoms with Gasteiger partial charge in [0.05, 0.1) is 0 Å². The highest BCUT2D eigenvalue weighted by molar-refractivity contribution is 7.99. The summed E-state index contributed by atoms with van der Waals surface area (Å²) in [5, 5.41) is 0. The average Bonchev–Trinajstić information content (AvgIpc) is 2.30. The Balaban J connectivity index is 2.20. The number of hydrogen-bond donors (Lipinski definition) is 0. The molecule has 15 heavy (non-hydrogen) atoms. The monoisotopic (exact) mass is 212 g/mol. The Morgan fingerprint density at radius 2 is 1.27 bits per heavy atom. The van der Waals surface area contributed by atoms with Gasteiger partial charge in [-0.1, -0.05) is 55.1 Å². The van der Waals surface area contributed by atoms with Gasteiger partial charge >= 0.3 is 0 Å². The SMILES string of the molecule is CC1c2ccccc2Sc2ccccc21. The molecule has 0 aliphatic carbocycles. The molecule has 0 bridgehead atoms. The average molecular weight is 212 g/mol. The Morgan fingerprint density at radius 1 is 0.800 bits per heavy atom. The number of rotatable bonds is 0. The highest BCUT2D eigenvalue weighted by Gasteiger charge is 2.21. The molecule has 74 valence electrons. The van der Waals surface area contributed by atoms with E-state index in [4.69, 9.17) is 0 Å². The van der Waals surface area contributed by atoms with Crippen LogP contribution in [-0.4, -0.2) is 0 Å². The Kier molecular flexibility index (Phi) is 2.06. The molecule has 0 saturated heterocycles. The van der Waals surface area contributed by atoms with Crippen LogP contribution in [0, 0.1) is 0 Å². The van der Waals surface area contributed by atoms with Crippen molar-refractivity contribution in [2.24, 2.45) is 0 Å². The Bertz CT molecular complexity index is 457. The van der Waals surface area contributed by atoms with Crippen LogP contribution in [0.4, 0.5) is 0 Å². The molecule has 1 heteroatoms. The number of fused-ring (bicyclic) bond motifs is 2. The van der Waals surface area contributed by atoms with Crippen LogP contribution < -0.4 is 0 Å². The summed E-state index contributed by atoms with van der Waals surface area (Å²) in [6, 6.07) is 17.4. The van der Waals surface area contributed by atoms with Crippen molar-refractivity contribution in [3.05, 3.63) is 59.7 Å². The summed E-state index contributed by atoms with van der Waals surface area (Å²) < 4.78 is 0. The standard InChI is InChI=1S/C14H12S/c1-10-11-6-2-4-8-13(11)15-14-9-5-3-7-12(10)14/h2-10H,1H3. The third kappa shape index (κ3) is 1.38. The third-order valence-corrected chi connectivity index (χ3v) is 4.17. The van der Waals surface area contributed by atoms with Gasteiger partial charge in [-0.3, -0.25) is 0 Å². The zero-order valence-corrected chi connectivity index (χ0v) is 9.42. The van der Waals surface area contributed by atoms with Crippen molar-refractivity contribution in [1.82, 2.24) is 0 Å². The smallest absolute Gasteiger partial charge is 0.0160 e. The largest absolute Gasteiger partial charge is 0.0895 e. The predicted molar refractivity (Wildman–Crippen MR) is 64.5 cm³/mol. The van der Waals surface area contributed by atoms with E-state index in [1.54, 1.807) is 0 Å². The van der Waals surface area contributed by atoms with Crippen molar-refractivity contribution in [2.75, 3.05) is 0 Å². The van der Waals surface area contributed by atoms with Crippen molar-refractivity contribution in [1.29, 1.82) is 0 Å². The topological polar surface area (TPSA) is 0 Å². The molecule has 2 aromatic rings. The summed E-state index contributed by atoms with van der Waals surface area (Å²) in [6.07, 6.45) is 0. The van der Waals surface area contributed by atoms with E-state index >= 15 is 0 Å². The molecule has 2 aromatic carbocycles. The van der Waals surface area contributed by atoms with Crippen molar-refractivity contribution in [2.45, 2.75) is 22.6 Å². The highest BCUT2D eigenvalue weighted by atomic mass is 32.2. The van der Waals surface area contributed by atoms with Crippen LogP contribution in [0.15, 0.2) is 58.3 Å². The molecule has 0 spiro atoms. The van der Waals surface area contributed by atoms with Crippen LogP contribution in [-0.2, 0) is 0 Å². The van der Waals surface area contributed by atoms with E-state index in [0.717, 1.165) is 0 Å². The van der Waals surface area contributed by atoms with Gasteiger partial charge in [0.1, 0.15) is 0 Å². The first-order valence-corrected chi connectivity index (χ1v) is 6.03. The quantitative estimate of drug-likeness (QED) is 0.627. The van der Waals surface area contributed by atoms with Crippen LogP contribution in [0.5, 0.6) is 0 Å². The summed E-state index contributed by atoms with van der Waals surface area (Å²) in [4.78, 5) is 2.81. The Morgan fingerprint density at radius 3 is 1.80 bits per heavy atom. The fourth-order valence-electron chi connectivity index (χ4n) is 2.15. The van der Waals surface area contributed by atoms with Gasteiger partial charge in [0.15, 0.2) is 0 Å². The molecule has 0 aromatic heterocycles. The maximum absolute atomic E-state index is 2.29. The molecule has 0 nitrogen and oxygen atoms in total. The molecule has 0 unspecified atom stereocenters. The van der Waals surface area contributed by atoms with Gasteiger partial charge in [-0.25, -0.2) is 0 Å². The molecular weight excluding hydrogens is 200 g/mol. The van der Waals surface area contributed by atoms with E-state index in [0.29, 0.717) is 5.92 Å². The van der Waals surface area contributed by atoms with Gasteiger partial charge in [-0.05, 0) is 23.3 Å². The van der Waals surface area contributed by atoms with Crippen LogP contribution in [0.2, 0.25) is 0 Å². The van der Waals surface area contributed by atoms with Crippen molar-refractivity contribution in [3.8, 4) is 0 Å². The molecule has 0 saturated carbocycles. The van der Waals surface area contributed by atoms with E-state index in [-0.39, 0.29) is 0 Å². The molecule has 3 rings (SSSR count). The fourth-order valence-corrected chi connectivity index (χ4v) is 3.40. The van der Waals surface area contributed by atoms with Gasteiger partial charge in [0.2, 0.25) is 0 Å². The van der Waals surface area contributed by atoms with Crippen molar-refractivity contribution >= 4 is 11.8 Å².